The van der Waals surface area contributed by atoms with Crippen molar-refractivity contribution in [2.24, 2.45) is 0 Å². The van der Waals surface area contributed by atoms with Gasteiger partial charge in [-0.25, -0.2) is 0 Å². The third-order valence-electron chi connectivity index (χ3n) is 4.11. The summed E-state index contributed by atoms with van der Waals surface area (Å²) in [5.74, 6) is -0.217. The molecule has 3 rings (SSSR count). The van der Waals surface area contributed by atoms with Gasteiger partial charge in [0, 0.05) is 19.3 Å². The Kier molecular flexibility index (Phi) is 4.97. The Morgan fingerprint density at radius 2 is 1.60 bits per heavy atom. The van der Waals surface area contributed by atoms with Crippen LogP contribution in [-0.4, -0.2) is 34.4 Å². The second-order valence-electron chi connectivity index (χ2n) is 5.88. The summed E-state index contributed by atoms with van der Waals surface area (Å²) in [5.41, 5.74) is 0.692. The predicted octanol–water partition coefficient (Wildman–Crippen LogP) is 2.32. The first-order valence-electron chi connectivity index (χ1n) is 8.41. The number of aromatic nitrogens is 1. The van der Waals surface area contributed by atoms with Crippen LogP contribution in [0.15, 0.2) is 47.4 Å². The van der Waals surface area contributed by atoms with Crippen molar-refractivity contribution < 1.29 is 14.3 Å². The predicted molar refractivity (Wildman–Crippen MR) is 92.9 cm³/mol. The Labute approximate surface area is 145 Å². The van der Waals surface area contributed by atoms with E-state index in [0.29, 0.717) is 36.4 Å². The van der Waals surface area contributed by atoms with E-state index in [1.807, 2.05) is 6.92 Å². The highest BCUT2D eigenvalue weighted by atomic mass is 16.5. The number of fused-ring (bicyclic) bond motifs is 1. The molecule has 2 amide bonds. The summed E-state index contributed by atoms with van der Waals surface area (Å²) < 4.78 is 6.98. The first-order chi connectivity index (χ1) is 12.1. The summed E-state index contributed by atoms with van der Waals surface area (Å²) in [7, 11) is 0. The second-order valence-corrected chi connectivity index (χ2v) is 5.88. The van der Waals surface area contributed by atoms with Crippen molar-refractivity contribution in [3.8, 4) is 5.75 Å². The molecule has 0 saturated carbocycles. The maximum atomic E-state index is 12.3. The fourth-order valence-electron chi connectivity index (χ4n) is 2.85. The molecule has 1 aromatic carbocycles. The van der Waals surface area contributed by atoms with Crippen LogP contribution >= 0.6 is 0 Å². The third kappa shape index (κ3) is 3.33. The molecule has 2 aromatic rings. The molecular formula is C19H20N2O4. The number of pyridine rings is 1. The average molecular weight is 340 g/mol. The molecule has 25 heavy (non-hydrogen) atoms. The zero-order valence-corrected chi connectivity index (χ0v) is 14.1. The molecule has 1 aliphatic heterocycles. The molecule has 6 heteroatoms. The minimum absolute atomic E-state index is 0.196. The van der Waals surface area contributed by atoms with Crippen LogP contribution in [0.4, 0.5) is 0 Å². The van der Waals surface area contributed by atoms with E-state index >= 15 is 0 Å². The molecule has 0 bridgehead atoms. The molecular weight excluding hydrogens is 320 g/mol. The fraction of sp³-hybridized carbons (Fsp3) is 0.316. The number of ether oxygens (including phenoxy) is 1. The summed E-state index contributed by atoms with van der Waals surface area (Å²) in [5, 5.41) is 0. The molecule has 0 saturated heterocycles. The number of imide groups is 1. The number of carbonyl (C=O) groups is 2. The van der Waals surface area contributed by atoms with Crippen molar-refractivity contribution in [2.75, 3.05) is 13.2 Å². The Morgan fingerprint density at radius 1 is 0.920 bits per heavy atom. The zero-order chi connectivity index (χ0) is 17.8. The van der Waals surface area contributed by atoms with Gasteiger partial charge in [0.05, 0.1) is 17.7 Å². The smallest absolute Gasteiger partial charge is 0.292 e. The lowest BCUT2D eigenvalue weighted by atomic mass is 10.1. The number of amides is 2. The Bertz CT molecular complexity index is 821. The molecule has 0 fully saturated rings. The highest BCUT2D eigenvalue weighted by Gasteiger charge is 2.34. The number of aryl methyl sites for hydroxylation is 1. The van der Waals surface area contributed by atoms with Gasteiger partial charge >= 0.3 is 0 Å². The molecule has 6 nitrogen and oxygen atoms in total. The SMILES string of the molecule is CCCOc1cccn(CCCN2C(=O)c3ccccc3C2=O)c1=O. The van der Waals surface area contributed by atoms with Gasteiger partial charge < -0.3 is 9.30 Å². The van der Waals surface area contributed by atoms with Gasteiger partial charge in [-0.05, 0) is 37.1 Å². The van der Waals surface area contributed by atoms with Crippen LogP contribution in [-0.2, 0) is 6.54 Å². The Hall–Kier alpha value is -2.89. The molecule has 0 unspecified atom stereocenters. The number of carbonyl (C=O) groups excluding carboxylic acids is 2. The van der Waals surface area contributed by atoms with E-state index in [1.165, 1.54) is 4.90 Å². The van der Waals surface area contributed by atoms with Gasteiger partial charge in [0.25, 0.3) is 17.4 Å². The van der Waals surface area contributed by atoms with Crippen molar-refractivity contribution in [1.82, 2.24) is 9.47 Å². The van der Waals surface area contributed by atoms with Gasteiger partial charge in [-0.2, -0.15) is 0 Å². The lowest BCUT2D eigenvalue weighted by Gasteiger charge is -2.14. The summed E-state index contributed by atoms with van der Waals surface area (Å²) in [6.45, 7) is 3.16. The van der Waals surface area contributed by atoms with Crippen molar-refractivity contribution in [1.29, 1.82) is 0 Å². The zero-order valence-electron chi connectivity index (χ0n) is 14.1. The standard InChI is InChI=1S/C19H20N2O4/c1-2-13-25-16-9-5-10-20(19(16)24)11-6-12-21-17(22)14-7-3-4-8-15(14)18(21)23/h3-5,7-10H,2,6,11-13H2,1H3. The maximum absolute atomic E-state index is 12.3. The molecule has 2 heterocycles. The summed E-state index contributed by atoms with van der Waals surface area (Å²) in [6, 6.07) is 10.2. The van der Waals surface area contributed by atoms with Gasteiger partial charge in [0.1, 0.15) is 0 Å². The normalized spacial score (nSPS) is 13.2. The molecule has 0 N–H and O–H groups in total. The van der Waals surface area contributed by atoms with E-state index in [0.717, 1.165) is 6.42 Å². The van der Waals surface area contributed by atoms with Crippen LogP contribution < -0.4 is 10.3 Å². The largest absolute Gasteiger partial charge is 0.488 e. The third-order valence-corrected chi connectivity index (χ3v) is 4.11. The number of rotatable bonds is 7. The Balaban J connectivity index is 1.64. The van der Waals surface area contributed by atoms with Crippen molar-refractivity contribution >= 4 is 11.8 Å². The lowest BCUT2D eigenvalue weighted by molar-refractivity contribution is 0.0650. The number of hydrogen-bond acceptors (Lipinski definition) is 4. The number of hydrogen-bond donors (Lipinski definition) is 0. The summed E-state index contributed by atoms with van der Waals surface area (Å²) in [6.07, 6.45) is 3.01. The molecule has 1 aliphatic rings. The first-order valence-corrected chi connectivity index (χ1v) is 8.41. The first kappa shape index (κ1) is 17.0. The van der Waals surface area contributed by atoms with E-state index in [2.05, 4.69) is 0 Å². The van der Waals surface area contributed by atoms with Crippen LogP contribution in [0, 0.1) is 0 Å². The van der Waals surface area contributed by atoms with Gasteiger partial charge in [-0.15, -0.1) is 0 Å². The van der Waals surface area contributed by atoms with Crippen molar-refractivity contribution in [3.05, 3.63) is 64.1 Å². The van der Waals surface area contributed by atoms with E-state index in [4.69, 9.17) is 4.74 Å². The summed E-state index contributed by atoms with van der Waals surface area (Å²) >= 11 is 0. The topological polar surface area (TPSA) is 68.6 Å². The van der Waals surface area contributed by atoms with E-state index in [-0.39, 0.29) is 23.9 Å². The van der Waals surface area contributed by atoms with Crippen LogP contribution in [0.3, 0.4) is 0 Å². The monoisotopic (exact) mass is 340 g/mol. The number of benzene rings is 1. The van der Waals surface area contributed by atoms with Crippen LogP contribution in [0.1, 0.15) is 40.5 Å². The minimum Gasteiger partial charge on any atom is -0.488 e. The second kappa shape index (κ2) is 7.34. The van der Waals surface area contributed by atoms with E-state index in [9.17, 15) is 14.4 Å². The average Bonchev–Trinajstić information content (AvgIpc) is 2.87. The van der Waals surface area contributed by atoms with Gasteiger partial charge in [-0.1, -0.05) is 19.1 Å². The molecule has 130 valence electrons. The van der Waals surface area contributed by atoms with Crippen molar-refractivity contribution in [3.63, 3.8) is 0 Å². The van der Waals surface area contributed by atoms with Gasteiger partial charge in [0.15, 0.2) is 5.75 Å². The quantitative estimate of drug-likeness (QED) is 0.726. The molecule has 0 radical (unpaired) electrons. The molecule has 0 spiro atoms. The fourth-order valence-corrected chi connectivity index (χ4v) is 2.85. The molecule has 1 aromatic heterocycles. The van der Waals surface area contributed by atoms with Crippen molar-refractivity contribution in [2.45, 2.75) is 26.3 Å². The maximum Gasteiger partial charge on any atom is 0.292 e. The van der Waals surface area contributed by atoms with Gasteiger partial charge in [0.2, 0.25) is 0 Å². The lowest BCUT2D eigenvalue weighted by Crippen LogP contribution is -2.32. The molecule has 0 atom stereocenters. The van der Waals surface area contributed by atoms with Gasteiger partial charge in [-0.3, -0.25) is 19.3 Å². The van der Waals surface area contributed by atoms with Crippen LogP contribution in [0.25, 0.3) is 0 Å². The minimum atomic E-state index is -0.270. The molecule has 0 aliphatic carbocycles. The van der Waals surface area contributed by atoms with E-state index in [1.54, 1.807) is 47.2 Å². The Morgan fingerprint density at radius 3 is 2.24 bits per heavy atom. The highest BCUT2D eigenvalue weighted by molar-refractivity contribution is 6.21. The van der Waals surface area contributed by atoms with Crippen LogP contribution in [0.2, 0.25) is 0 Å². The summed E-state index contributed by atoms with van der Waals surface area (Å²) in [4.78, 5) is 38.2. The van der Waals surface area contributed by atoms with Crippen LogP contribution in [0.5, 0.6) is 5.75 Å². The highest BCUT2D eigenvalue weighted by Crippen LogP contribution is 2.22. The number of nitrogens with zero attached hydrogens (tertiary/aromatic N) is 2. The van der Waals surface area contributed by atoms with E-state index < -0.39 is 0 Å².